The molecule has 2 atom stereocenters. The van der Waals surface area contributed by atoms with Crippen molar-refractivity contribution in [3.8, 4) is 22.8 Å². The molecule has 246 valence electrons. The molecule has 0 unspecified atom stereocenters. The summed E-state index contributed by atoms with van der Waals surface area (Å²) in [6.07, 6.45) is 2.84. The van der Waals surface area contributed by atoms with Crippen molar-refractivity contribution in [2.24, 2.45) is 0 Å². The van der Waals surface area contributed by atoms with Crippen molar-refractivity contribution in [1.82, 2.24) is 30.1 Å². The number of aromatic nitrogens is 1. The lowest BCUT2D eigenvalue weighted by Gasteiger charge is -2.55. The van der Waals surface area contributed by atoms with E-state index in [1.54, 1.807) is 69.5 Å². The van der Waals surface area contributed by atoms with Crippen LogP contribution in [0.4, 0.5) is 4.79 Å². The van der Waals surface area contributed by atoms with Gasteiger partial charge >= 0.3 is 6.03 Å². The van der Waals surface area contributed by atoms with Gasteiger partial charge in [0.1, 0.15) is 18.0 Å². The first-order chi connectivity index (χ1) is 23.3. The minimum Gasteiger partial charge on any atom is -0.508 e. The van der Waals surface area contributed by atoms with Crippen molar-refractivity contribution < 1.29 is 24.2 Å². The van der Waals surface area contributed by atoms with Crippen molar-refractivity contribution in [3.63, 3.8) is 0 Å². The summed E-state index contributed by atoms with van der Waals surface area (Å²) in [6.45, 7) is 4.71. The lowest BCUT2D eigenvalue weighted by molar-refractivity contribution is -0.189. The van der Waals surface area contributed by atoms with Crippen molar-refractivity contribution in [2.45, 2.75) is 31.7 Å². The second-order valence-electron chi connectivity index (χ2n) is 11.8. The Labute approximate surface area is 279 Å². The highest BCUT2D eigenvalue weighted by molar-refractivity contribution is 5.91. The van der Waals surface area contributed by atoms with Gasteiger partial charge in [-0.05, 0) is 46.5 Å². The molecule has 0 aliphatic carbocycles. The van der Waals surface area contributed by atoms with Gasteiger partial charge in [0.2, 0.25) is 17.7 Å². The lowest BCUT2D eigenvalue weighted by Crippen LogP contribution is -2.76. The van der Waals surface area contributed by atoms with Gasteiger partial charge in [0.25, 0.3) is 0 Å². The Morgan fingerprint density at radius 3 is 2.46 bits per heavy atom. The van der Waals surface area contributed by atoms with Crippen LogP contribution in [0, 0.1) is 0 Å². The van der Waals surface area contributed by atoms with E-state index in [4.69, 9.17) is 4.74 Å². The molecule has 0 radical (unpaired) electrons. The number of phenols is 1. The van der Waals surface area contributed by atoms with E-state index < -0.39 is 12.2 Å². The molecule has 2 aliphatic heterocycles. The van der Waals surface area contributed by atoms with Crippen LogP contribution in [0.3, 0.4) is 0 Å². The second kappa shape index (κ2) is 14.4. The highest BCUT2D eigenvalue weighted by atomic mass is 16.5. The normalized spacial score (nSPS) is 18.0. The van der Waals surface area contributed by atoms with Crippen LogP contribution in [0.5, 0.6) is 11.6 Å². The predicted molar refractivity (Wildman–Crippen MR) is 180 cm³/mol. The number of benzene rings is 3. The summed E-state index contributed by atoms with van der Waals surface area (Å²) in [5.74, 6) is 0.157. The third kappa shape index (κ3) is 7.01. The molecule has 0 bridgehead atoms. The molecule has 0 spiro atoms. The first kappa shape index (κ1) is 32.3. The molecule has 2 N–H and O–H groups in total. The van der Waals surface area contributed by atoms with E-state index in [9.17, 15) is 19.5 Å². The zero-order chi connectivity index (χ0) is 33.6. The number of phenolic OH excluding ortho intramolecular Hbond substituents is 1. The number of methoxy groups -OCH3 is 1. The molecule has 2 fully saturated rings. The molecule has 4 amide bonds. The maximum Gasteiger partial charge on any atom is 0.334 e. The van der Waals surface area contributed by atoms with Gasteiger partial charge in [-0.3, -0.25) is 9.59 Å². The number of urea groups is 1. The van der Waals surface area contributed by atoms with Crippen LogP contribution >= 0.6 is 0 Å². The molecule has 0 saturated carbocycles. The van der Waals surface area contributed by atoms with Crippen molar-refractivity contribution in [2.75, 3.05) is 26.7 Å². The molecular formula is C37H38N6O5. The molecule has 3 heterocycles. The molecule has 6 rings (SSSR count). The number of nitrogens with zero attached hydrogens (tertiary/aromatic N) is 5. The van der Waals surface area contributed by atoms with Crippen LogP contribution in [0.1, 0.15) is 16.7 Å². The fraction of sp³-hybridized carbons (Fsp3) is 0.243. The van der Waals surface area contributed by atoms with Gasteiger partial charge in [0.15, 0.2) is 0 Å². The highest BCUT2D eigenvalue weighted by Gasteiger charge is 2.51. The molecule has 48 heavy (non-hydrogen) atoms. The van der Waals surface area contributed by atoms with Crippen LogP contribution in [0.15, 0.2) is 110 Å². The number of ether oxygens (including phenoxy) is 1. The van der Waals surface area contributed by atoms with E-state index in [1.807, 2.05) is 60.7 Å². The van der Waals surface area contributed by atoms with Crippen LogP contribution in [0.25, 0.3) is 11.1 Å². The Kier molecular flexibility index (Phi) is 9.67. The fourth-order valence-corrected chi connectivity index (χ4v) is 6.29. The van der Waals surface area contributed by atoms with Crippen LogP contribution in [-0.2, 0) is 29.1 Å². The van der Waals surface area contributed by atoms with Crippen molar-refractivity contribution >= 4 is 17.8 Å². The standard InChI is InChI=1S/C37H38N6O5/c1-3-18-41-25-35(45)42-32(20-26-12-15-31(44)16-13-26)36(46)40(24-34(42)43(41)37(47)39-21-27-8-5-4-6-9-27)23-28-10-7-11-29(19-28)30-14-17-33(48-2)38-22-30/h3-17,19,22,32,34,44H,1,18,20-21,23-25H2,2H3,(H,39,47)/t32-,34-/m0/s1. The zero-order valence-electron chi connectivity index (χ0n) is 26.7. The molecular weight excluding hydrogens is 608 g/mol. The topological polar surface area (TPSA) is 119 Å². The van der Waals surface area contributed by atoms with E-state index in [-0.39, 0.29) is 56.2 Å². The van der Waals surface area contributed by atoms with E-state index in [0.29, 0.717) is 12.4 Å². The van der Waals surface area contributed by atoms with Gasteiger partial charge in [-0.15, -0.1) is 6.58 Å². The van der Waals surface area contributed by atoms with Gasteiger partial charge in [-0.2, -0.15) is 0 Å². The number of aromatic hydroxyl groups is 1. The number of hydrogen-bond donors (Lipinski definition) is 2. The Morgan fingerprint density at radius 2 is 1.75 bits per heavy atom. The maximum atomic E-state index is 14.3. The summed E-state index contributed by atoms with van der Waals surface area (Å²) < 4.78 is 5.20. The molecule has 2 saturated heterocycles. The molecule has 2 aliphatic rings. The average Bonchev–Trinajstić information content (AvgIpc) is 3.10. The average molecular weight is 647 g/mol. The number of rotatable bonds is 10. The Bertz CT molecular complexity index is 1770. The number of nitrogens with one attached hydrogen (secondary N) is 1. The smallest absolute Gasteiger partial charge is 0.334 e. The van der Waals surface area contributed by atoms with Gasteiger partial charge in [0.05, 0.1) is 20.2 Å². The Balaban J connectivity index is 1.33. The summed E-state index contributed by atoms with van der Waals surface area (Å²) >= 11 is 0. The minimum atomic E-state index is -0.870. The number of hydrogen-bond acceptors (Lipinski definition) is 7. The Hall–Kier alpha value is -5.68. The van der Waals surface area contributed by atoms with Gasteiger partial charge in [0, 0.05) is 43.9 Å². The van der Waals surface area contributed by atoms with Gasteiger partial charge < -0.3 is 25.0 Å². The largest absolute Gasteiger partial charge is 0.508 e. The number of piperazine rings is 1. The van der Waals surface area contributed by atoms with Crippen LogP contribution in [0.2, 0.25) is 0 Å². The SMILES string of the molecule is C=CCN1CC(=O)N2[C@@H](Cc3ccc(O)cc3)C(=O)N(Cc3cccc(-c4ccc(OC)nc4)c3)C[C@@H]2N1C(=O)NCc1ccccc1. The third-order valence-corrected chi connectivity index (χ3v) is 8.61. The number of pyridine rings is 1. The lowest BCUT2D eigenvalue weighted by atomic mass is 9.98. The summed E-state index contributed by atoms with van der Waals surface area (Å²) in [5.41, 5.74) is 4.43. The third-order valence-electron chi connectivity index (χ3n) is 8.61. The first-order valence-electron chi connectivity index (χ1n) is 15.8. The molecule has 4 aromatic rings. The molecule has 1 aromatic heterocycles. The summed E-state index contributed by atoms with van der Waals surface area (Å²) in [6, 6.07) is 26.5. The highest BCUT2D eigenvalue weighted by Crippen LogP contribution is 2.30. The van der Waals surface area contributed by atoms with Gasteiger partial charge in [-0.1, -0.05) is 66.7 Å². The van der Waals surface area contributed by atoms with Gasteiger partial charge in [-0.25, -0.2) is 19.8 Å². The Morgan fingerprint density at radius 1 is 0.979 bits per heavy atom. The second-order valence-corrected chi connectivity index (χ2v) is 11.8. The monoisotopic (exact) mass is 646 g/mol. The number of amides is 4. The molecule has 11 nitrogen and oxygen atoms in total. The first-order valence-corrected chi connectivity index (χ1v) is 15.8. The zero-order valence-corrected chi connectivity index (χ0v) is 26.7. The predicted octanol–water partition coefficient (Wildman–Crippen LogP) is 4.20. The summed E-state index contributed by atoms with van der Waals surface area (Å²) in [7, 11) is 1.57. The molecule has 11 heteroatoms. The minimum absolute atomic E-state index is 0.0847. The van der Waals surface area contributed by atoms with Crippen molar-refractivity contribution in [3.05, 3.63) is 127 Å². The maximum absolute atomic E-state index is 14.3. The number of carbonyl (C=O) groups is 3. The van der Waals surface area contributed by atoms with Crippen LogP contribution < -0.4 is 10.1 Å². The quantitative estimate of drug-likeness (QED) is 0.248. The van der Waals surface area contributed by atoms with E-state index in [1.165, 1.54) is 0 Å². The van der Waals surface area contributed by atoms with E-state index in [0.717, 1.165) is 27.8 Å². The number of fused-ring (bicyclic) bond motifs is 1. The summed E-state index contributed by atoms with van der Waals surface area (Å²) in [5, 5.41) is 16.1. The van der Waals surface area contributed by atoms with E-state index in [2.05, 4.69) is 16.9 Å². The number of carbonyl (C=O) groups excluding carboxylic acids is 3. The van der Waals surface area contributed by atoms with Crippen molar-refractivity contribution in [1.29, 1.82) is 0 Å². The molecule has 3 aromatic carbocycles. The van der Waals surface area contributed by atoms with E-state index >= 15 is 0 Å². The van der Waals surface area contributed by atoms with Crippen LogP contribution in [-0.4, -0.2) is 86.7 Å². The fourth-order valence-electron chi connectivity index (χ4n) is 6.29. The number of hydrazine groups is 1. The summed E-state index contributed by atoms with van der Waals surface area (Å²) in [4.78, 5) is 49.7.